The molecule has 0 spiro atoms. The van der Waals surface area contributed by atoms with Crippen LogP contribution in [0.1, 0.15) is 0 Å². The van der Waals surface area contributed by atoms with Gasteiger partial charge in [0.05, 0.1) is 17.4 Å². The normalized spacial score (nSPS) is 10.7. The van der Waals surface area contributed by atoms with Crippen molar-refractivity contribution in [2.45, 2.75) is 0 Å². The lowest BCUT2D eigenvalue weighted by molar-refractivity contribution is 0.433. The number of halogens is 1. The Kier molecular flexibility index (Phi) is 2.30. The summed E-state index contributed by atoms with van der Waals surface area (Å²) in [6.45, 7) is 0. The molecule has 1 aromatic carbocycles. The summed E-state index contributed by atoms with van der Waals surface area (Å²) in [6, 6.07) is 2.44. The van der Waals surface area contributed by atoms with Gasteiger partial charge in [-0.2, -0.15) is 5.10 Å². The zero-order chi connectivity index (χ0) is 12.5. The minimum atomic E-state index is -0.715. The second-order valence-electron chi connectivity index (χ2n) is 3.66. The van der Waals surface area contributed by atoms with Crippen molar-refractivity contribution in [3.8, 4) is 5.75 Å². The number of aromatic amines is 1. The smallest absolute Gasteiger partial charge is 0.165 e. The van der Waals surface area contributed by atoms with Gasteiger partial charge in [0.2, 0.25) is 0 Å². The minimum Gasteiger partial charge on any atom is -0.505 e. The number of hydrogen-bond donors (Lipinski definition) is 3. The average molecular weight is 245 g/mol. The second-order valence-corrected chi connectivity index (χ2v) is 3.66. The molecular weight excluding hydrogens is 237 g/mol. The molecular formula is C11H8FN5O. The van der Waals surface area contributed by atoms with Gasteiger partial charge in [-0.05, 0) is 6.07 Å². The van der Waals surface area contributed by atoms with Gasteiger partial charge in [-0.3, -0.25) is 5.10 Å². The van der Waals surface area contributed by atoms with Crippen LogP contribution in [0.2, 0.25) is 0 Å². The largest absolute Gasteiger partial charge is 0.505 e. The number of aromatic nitrogens is 4. The van der Waals surface area contributed by atoms with Gasteiger partial charge < -0.3 is 10.4 Å². The number of phenols is 1. The van der Waals surface area contributed by atoms with Gasteiger partial charge in [-0.15, -0.1) is 0 Å². The number of hydrogen-bond acceptors (Lipinski definition) is 5. The van der Waals surface area contributed by atoms with Crippen LogP contribution < -0.4 is 5.32 Å². The fraction of sp³-hybridized carbons (Fsp3) is 0. The number of nitrogens with zero attached hydrogens (tertiary/aromatic N) is 3. The lowest BCUT2D eigenvalue weighted by Gasteiger charge is -2.06. The van der Waals surface area contributed by atoms with Crippen molar-refractivity contribution in [1.29, 1.82) is 0 Å². The Balaban J connectivity index is 2.14. The number of benzene rings is 1. The first-order chi connectivity index (χ1) is 8.74. The molecule has 2 aromatic heterocycles. The molecule has 0 fully saturated rings. The van der Waals surface area contributed by atoms with Crippen molar-refractivity contribution in [3.05, 3.63) is 36.7 Å². The Hall–Kier alpha value is -2.70. The van der Waals surface area contributed by atoms with Crippen LogP contribution in [0.15, 0.2) is 30.9 Å². The first-order valence-corrected chi connectivity index (χ1v) is 5.13. The van der Waals surface area contributed by atoms with Crippen LogP contribution in [-0.2, 0) is 0 Å². The number of nitrogens with one attached hydrogen (secondary N) is 2. The highest BCUT2D eigenvalue weighted by Gasteiger charge is 2.09. The molecule has 0 aliphatic rings. The van der Waals surface area contributed by atoms with Gasteiger partial charge in [0.25, 0.3) is 0 Å². The van der Waals surface area contributed by atoms with E-state index in [4.69, 9.17) is 0 Å². The lowest BCUT2D eigenvalue weighted by Crippen LogP contribution is -1.95. The molecule has 0 amide bonds. The Bertz CT molecular complexity index is 698. The molecule has 3 aromatic rings. The van der Waals surface area contributed by atoms with E-state index in [2.05, 4.69) is 25.5 Å². The topological polar surface area (TPSA) is 86.7 Å². The average Bonchev–Trinajstić information content (AvgIpc) is 2.84. The highest BCUT2D eigenvalue weighted by Crippen LogP contribution is 2.27. The van der Waals surface area contributed by atoms with Crippen LogP contribution in [0.4, 0.5) is 15.9 Å². The monoisotopic (exact) mass is 245 g/mol. The van der Waals surface area contributed by atoms with Gasteiger partial charge in [0.15, 0.2) is 11.6 Å². The minimum absolute atomic E-state index is 0.435. The van der Waals surface area contributed by atoms with E-state index in [1.807, 2.05) is 0 Å². The number of fused-ring (bicyclic) bond motifs is 1. The maximum absolute atomic E-state index is 13.4. The predicted molar refractivity (Wildman–Crippen MR) is 63.0 cm³/mol. The van der Waals surface area contributed by atoms with E-state index in [-0.39, 0.29) is 0 Å². The Morgan fingerprint density at radius 3 is 2.94 bits per heavy atom. The first-order valence-electron chi connectivity index (χ1n) is 5.13. The Morgan fingerprint density at radius 2 is 2.17 bits per heavy atom. The van der Waals surface area contributed by atoms with E-state index in [1.54, 1.807) is 12.4 Å². The summed E-state index contributed by atoms with van der Waals surface area (Å²) in [5.74, 6) is -0.705. The number of anilines is 2. The van der Waals surface area contributed by atoms with Crippen molar-refractivity contribution >= 4 is 22.4 Å². The third-order valence-electron chi connectivity index (χ3n) is 2.46. The highest BCUT2D eigenvalue weighted by atomic mass is 19.1. The van der Waals surface area contributed by atoms with E-state index in [1.165, 1.54) is 18.5 Å². The number of H-pyrrole nitrogens is 1. The summed E-state index contributed by atoms with van der Waals surface area (Å²) in [5, 5.41) is 19.2. The van der Waals surface area contributed by atoms with Gasteiger partial charge in [-0.1, -0.05) is 0 Å². The van der Waals surface area contributed by atoms with Crippen LogP contribution in [0, 0.1) is 5.82 Å². The number of rotatable bonds is 2. The molecule has 0 atom stereocenters. The summed E-state index contributed by atoms with van der Waals surface area (Å²) in [6.07, 6.45) is 4.55. The maximum Gasteiger partial charge on any atom is 0.165 e. The molecule has 0 unspecified atom stereocenters. The summed E-state index contributed by atoms with van der Waals surface area (Å²) < 4.78 is 13.4. The molecule has 7 heteroatoms. The van der Waals surface area contributed by atoms with Crippen molar-refractivity contribution < 1.29 is 9.50 Å². The van der Waals surface area contributed by atoms with Crippen LogP contribution in [0.3, 0.4) is 0 Å². The molecule has 3 rings (SSSR count). The summed E-state index contributed by atoms with van der Waals surface area (Å²) in [7, 11) is 0. The van der Waals surface area contributed by atoms with Crippen LogP contribution >= 0.6 is 0 Å². The van der Waals surface area contributed by atoms with Gasteiger partial charge >= 0.3 is 0 Å². The van der Waals surface area contributed by atoms with Gasteiger partial charge in [-0.25, -0.2) is 14.4 Å². The standard InChI is InChI=1S/C11H8FN5O/c12-8-1-7-9(2-10(8)18)13-5-14-11(7)17-6-3-15-16-4-6/h1-5,18H,(H,15,16)(H,13,14,17). The van der Waals surface area contributed by atoms with Crippen molar-refractivity contribution in [2.24, 2.45) is 0 Å². The van der Waals surface area contributed by atoms with E-state index in [9.17, 15) is 9.50 Å². The second kappa shape index (κ2) is 3.95. The number of phenolic OH excluding ortho intramolecular Hbond substituents is 1. The molecule has 6 nitrogen and oxygen atoms in total. The van der Waals surface area contributed by atoms with Crippen molar-refractivity contribution in [1.82, 2.24) is 20.2 Å². The molecule has 0 aliphatic carbocycles. The van der Waals surface area contributed by atoms with E-state index < -0.39 is 11.6 Å². The van der Waals surface area contributed by atoms with Gasteiger partial charge in [0.1, 0.15) is 12.1 Å². The van der Waals surface area contributed by atoms with E-state index >= 15 is 0 Å². The zero-order valence-electron chi connectivity index (χ0n) is 9.05. The molecule has 0 saturated heterocycles. The SMILES string of the molecule is Oc1cc2ncnc(Nc3cn[nH]c3)c2cc1F. The van der Waals surface area contributed by atoms with Crippen LogP contribution in [0.25, 0.3) is 10.9 Å². The highest BCUT2D eigenvalue weighted by molar-refractivity contribution is 5.91. The molecule has 0 aliphatic heterocycles. The molecule has 90 valence electrons. The summed E-state index contributed by atoms with van der Waals surface area (Å²) in [4.78, 5) is 8.01. The quantitative estimate of drug-likeness (QED) is 0.642. The third-order valence-corrected chi connectivity index (χ3v) is 2.46. The van der Waals surface area contributed by atoms with Crippen LogP contribution in [-0.4, -0.2) is 25.3 Å². The Morgan fingerprint density at radius 1 is 1.28 bits per heavy atom. The van der Waals surface area contributed by atoms with E-state index in [0.29, 0.717) is 22.4 Å². The maximum atomic E-state index is 13.4. The fourth-order valence-electron chi connectivity index (χ4n) is 1.62. The van der Waals surface area contributed by atoms with Crippen molar-refractivity contribution in [2.75, 3.05) is 5.32 Å². The third kappa shape index (κ3) is 1.71. The van der Waals surface area contributed by atoms with Gasteiger partial charge in [0, 0.05) is 17.6 Å². The zero-order valence-corrected chi connectivity index (χ0v) is 9.05. The summed E-state index contributed by atoms with van der Waals surface area (Å²) >= 11 is 0. The van der Waals surface area contributed by atoms with Crippen molar-refractivity contribution in [3.63, 3.8) is 0 Å². The molecule has 3 N–H and O–H groups in total. The molecule has 18 heavy (non-hydrogen) atoms. The molecule has 0 bridgehead atoms. The lowest BCUT2D eigenvalue weighted by atomic mass is 10.2. The predicted octanol–water partition coefficient (Wildman–Crippen LogP) is 1.94. The fourth-order valence-corrected chi connectivity index (χ4v) is 1.62. The molecule has 0 radical (unpaired) electrons. The van der Waals surface area contributed by atoms with Crippen LogP contribution in [0.5, 0.6) is 5.75 Å². The molecule has 0 saturated carbocycles. The summed E-state index contributed by atoms with van der Waals surface area (Å²) in [5.41, 5.74) is 1.15. The molecule has 2 heterocycles. The van der Waals surface area contributed by atoms with E-state index in [0.717, 1.165) is 0 Å². The first kappa shape index (κ1) is 10.5. The Labute approximate surface area is 101 Å². The number of aromatic hydroxyl groups is 1.